The molecule has 0 radical (unpaired) electrons. The van der Waals surface area contributed by atoms with Gasteiger partial charge in [0.15, 0.2) is 0 Å². The van der Waals surface area contributed by atoms with Crippen LogP contribution < -0.4 is 10.2 Å². The van der Waals surface area contributed by atoms with Crippen molar-refractivity contribution >= 4 is 40.0 Å². The van der Waals surface area contributed by atoms with Gasteiger partial charge >= 0.3 is 0 Å². The molecule has 168 valence electrons. The second-order valence-corrected chi connectivity index (χ2v) is 8.58. The number of nitrogens with zero attached hydrogens (tertiary/aromatic N) is 2. The molecule has 1 atom stereocenters. The van der Waals surface area contributed by atoms with Crippen LogP contribution in [0.25, 0.3) is 10.9 Å². The lowest BCUT2D eigenvalue weighted by Gasteiger charge is -2.41. The Bertz CT molecular complexity index is 1460. The molecule has 3 heterocycles. The van der Waals surface area contributed by atoms with E-state index in [1.54, 1.807) is 28.0 Å². The van der Waals surface area contributed by atoms with Crippen LogP contribution in [0.1, 0.15) is 45.3 Å². The quantitative estimate of drug-likeness (QED) is 0.462. The fourth-order valence-corrected chi connectivity index (χ4v) is 4.96. The zero-order valence-electron chi connectivity index (χ0n) is 18.3. The first-order valence-electron chi connectivity index (χ1n) is 11.3. The summed E-state index contributed by atoms with van der Waals surface area (Å²) in [7, 11) is 0. The van der Waals surface area contributed by atoms with Gasteiger partial charge in [-0.25, -0.2) is 0 Å². The van der Waals surface area contributed by atoms with E-state index in [-0.39, 0.29) is 24.1 Å². The second kappa shape index (κ2) is 7.88. The van der Waals surface area contributed by atoms with Gasteiger partial charge in [0.05, 0.1) is 11.3 Å². The zero-order valence-corrected chi connectivity index (χ0v) is 18.3. The van der Waals surface area contributed by atoms with Crippen molar-refractivity contribution in [1.82, 2.24) is 9.88 Å². The normalized spacial score (nSPS) is 16.4. The molecule has 2 N–H and O–H groups in total. The monoisotopic (exact) mass is 450 g/mol. The number of hydrogen-bond donors (Lipinski definition) is 2. The van der Waals surface area contributed by atoms with Crippen LogP contribution in [-0.2, 0) is 4.79 Å². The number of carbonyl (C=O) groups excluding carboxylic acids is 3. The summed E-state index contributed by atoms with van der Waals surface area (Å²) in [5, 5.41) is 4.01. The lowest BCUT2D eigenvalue weighted by molar-refractivity contribution is -0.116. The Morgan fingerprint density at radius 3 is 2.59 bits per heavy atom. The highest BCUT2D eigenvalue weighted by Crippen LogP contribution is 2.45. The maximum absolute atomic E-state index is 13.4. The fourth-order valence-electron chi connectivity index (χ4n) is 4.96. The van der Waals surface area contributed by atoms with Crippen molar-refractivity contribution in [2.75, 3.05) is 16.8 Å². The number of nitrogens with one attached hydrogen (secondary N) is 2. The largest absolute Gasteiger partial charge is 0.361 e. The van der Waals surface area contributed by atoms with Crippen LogP contribution in [0.5, 0.6) is 0 Å². The number of aromatic amines is 1. The molecule has 0 saturated heterocycles. The highest BCUT2D eigenvalue weighted by atomic mass is 16.2. The average Bonchev–Trinajstić information content (AvgIpc) is 3.44. The third kappa shape index (κ3) is 3.16. The van der Waals surface area contributed by atoms with Gasteiger partial charge in [-0.05, 0) is 48.2 Å². The summed E-state index contributed by atoms with van der Waals surface area (Å²) in [6.45, 7) is 0.360. The Morgan fingerprint density at radius 2 is 1.71 bits per heavy atom. The highest BCUT2D eigenvalue weighted by Gasteiger charge is 2.47. The Kier molecular flexibility index (Phi) is 4.69. The molecule has 2 aliphatic heterocycles. The molecule has 3 aromatic carbocycles. The molecule has 1 aromatic heterocycles. The number of rotatable bonds is 5. The van der Waals surface area contributed by atoms with Gasteiger partial charge in [0, 0.05) is 41.5 Å². The second-order valence-electron chi connectivity index (χ2n) is 8.58. The molecule has 7 heteroatoms. The molecule has 7 nitrogen and oxygen atoms in total. The van der Waals surface area contributed by atoms with Crippen LogP contribution in [0.15, 0.2) is 79.0 Å². The maximum Gasteiger partial charge on any atom is 0.260 e. The number of aromatic nitrogens is 1. The summed E-state index contributed by atoms with van der Waals surface area (Å²) in [5.74, 6) is -0.350. The number of para-hydroxylation sites is 1. The van der Waals surface area contributed by atoms with E-state index in [0.717, 1.165) is 22.2 Å². The summed E-state index contributed by atoms with van der Waals surface area (Å²) in [5.41, 5.74) is 4.25. The third-order valence-corrected chi connectivity index (χ3v) is 6.52. The number of hydrogen-bond acceptors (Lipinski definition) is 3. The lowest BCUT2D eigenvalue weighted by atomic mass is 10.0. The van der Waals surface area contributed by atoms with Crippen molar-refractivity contribution in [3.05, 3.63) is 95.7 Å². The van der Waals surface area contributed by atoms with Gasteiger partial charge < -0.3 is 15.2 Å². The molecule has 0 bridgehead atoms. The number of fused-ring (bicyclic) bond motifs is 6. The number of benzene rings is 3. The van der Waals surface area contributed by atoms with Gasteiger partial charge in [0.1, 0.15) is 6.17 Å². The molecule has 3 amide bonds. The number of amides is 3. The topological polar surface area (TPSA) is 85.5 Å². The molecular formula is C27H22N4O3. The maximum atomic E-state index is 13.4. The number of carbonyl (C=O) groups is 3. The van der Waals surface area contributed by atoms with Crippen LogP contribution in [0, 0.1) is 0 Å². The van der Waals surface area contributed by atoms with Gasteiger partial charge in [-0.2, -0.15) is 0 Å². The Hall–Kier alpha value is -4.39. The van der Waals surface area contributed by atoms with Gasteiger partial charge in [-0.15, -0.1) is 0 Å². The number of H-pyrrole nitrogens is 1. The van der Waals surface area contributed by atoms with E-state index in [1.165, 1.54) is 0 Å². The van der Waals surface area contributed by atoms with Crippen LogP contribution >= 0.6 is 0 Å². The highest BCUT2D eigenvalue weighted by molar-refractivity contribution is 6.16. The van der Waals surface area contributed by atoms with Crippen LogP contribution in [0.2, 0.25) is 0 Å². The summed E-state index contributed by atoms with van der Waals surface area (Å²) >= 11 is 0. The van der Waals surface area contributed by atoms with Gasteiger partial charge in [-0.1, -0.05) is 36.4 Å². The average molecular weight is 450 g/mol. The molecule has 0 spiro atoms. The Labute approximate surface area is 196 Å². The fraction of sp³-hybridized carbons (Fsp3) is 0.148. The van der Waals surface area contributed by atoms with Crippen molar-refractivity contribution in [3.8, 4) is 0 Å². The number of anilines is 2. The van der Waals surface area contributed by atoms with E-state index in [2.05, 4.69) is 10.3 Å². The van der Waals surface area contributed by atoms with Crippen molar-refractivity contribution in [3.63, 3.8) is 0 Å². The smallest absolute Gasteiger partial charge is 0.260 e. The van der Waals surface area contributed by atoms with E-state index >= 15 is 0 Å². The molecule has 6 rings (SSSR count). The van der Waals surface area contributed by atoms with Crippen LogP contribution in [-0.4, -0.2) is 34.2 Å². The molecular weight excluding hydrogens is 428 g/mol. The molecule has 0 fully saturated rings. The van der Waals surface area contributed by atoms with Crippen LogP contribution in [0.3, 0.4) is 0 Å². The van der Waals surface area contributed by atoms with E-state index in [1.807, 2.05) is 60.8 Å². The van der Waals surface area contributed by atoms with Gasteiger partial charge in [0.25, 0.3) is 11.8 Å². The van der Waals surface area contributed by atoms with E-state index in [0.29, 0.717) is 29.8 Å². The third-order valence-electron chi connectivity index (χ3n) is 6.52. The molecule has 0 unspecified atom stereocenters. The van der Waals surface area contributed by atoms with Crippen molar-refractivity contribution in [2.45, 2.75) is 19.0 Å². The Morgan fingerprint density at radius 1 is 0.912 bits per heavy atom. The summed E-state index contributed by atoms with van der Waals surface area (Å²) < 4.78 is 0. The Balaban J connectivity index is 1.21. The first-order valence-corrected chi connectivity index (χ1v) is 11.3. The van der Waals surface area contributed by atoms with Crippen LogP contribution in [0.4, 0.5) is 11.4 Å². The SMILES string of the molecule is O=C(CCCN1C(=O)c2ccccc2N2C(=O)c3ccccc3[C@@H]12)Nc1ccc2cc[nH]c2c1. The standard InChI is InChI=1S/C27H22N4O3/c32-24(29-18-12-11-17-13-14-28-22(17)16-18)10-5-15-30-25-19-6-1-2-7-20(19)27(34)31(25)23-9-4-3-8-21(23)26(30)33/h1-4,6-9,11-14,16,25,28H,5,10,15H2,(H,29,32)/t25-/m0/s1. The summed E-state index contributed by atoms with van der Waals surface area (Å²) in [6, 6.07) is 22.3. The van der Waals surface area contributed by atoms with Crippen molar-refractivity contribution in [1.29, 1.82) is 0 Å². The minimum absolute atomic E-state index is 0.108. The van der Waals surface area contributed by atoms with Gasteiger partial charge in [-0.3, -0.25) is 19.3 Å². The van der Waals surface area contributed by atoms with E-state index in [4.69, 9.17) is 0 Å². The summed E-state index contributed by atoms with van der Waals surface area (Å²) in [4.78, 5) is 45.8. The molecule has 0 aliphatic carbocycles. The molecule has 0 saturated carbocycles. The zero-order chi connectivity index (χ0) is 23.2. The van der Waals surface area contributed by atoms with E-state index < -0.39 is 6.17 Å². The molecule has 4 aromatic rings. The minimum atomic E-state index is -0.496. The first kappa shape index (κ1) is 20.2. The lowest BCUT2D eigenvalue weighted by Crippen LogP contribution is -2.48. The predicted molar refractivity (Wildman–Crippen MR) is 130 cm³/mol. The van der Waals surface area contributed by atoms with E-state index in [9.17, 15) is 14.4 Å². The summed E-state index contributed by atoms with van der Waals surface area (Å²) in [6.07, 6.45) is 2.10. The molecule has 34 heavy (non-hydrogen) atoms. The predicted octanol–water partition coefficient (Wildman–Crippen LogP) is 4.70. The van der Waals surface area contributed by atoms with Crippen molar-refractivity contribution < 1.29 is 14.4 Å². The minimum Gasteiger partial charge on any atom is -0.361 e. The van der Waals surface area contributed by atoms with Gasteiger partial charge in [0.2, 0.25) is 5.91 Å². The first-order chi connectivity index (χ1) is 16.6. The molecule has 2 aliphatic rings. The van der Waals surface area contributed by atoms with Crippen molar-refractivity contribution in [2.24, 2.45) is 0 Å².